The SMILES string of the molecule is CCC1COC(C)CN1CC(N)C(C)(C)C. The Balaban J connectivity index is 2.55. The van der Waals surface area contributed by atoms with Gasteiger partial charge in [-0.2, -0.15) is 0 Å². The van der Waals surface area contributed by atoms with E-state index in [0.717, 1.165) is 26.1 Å². The van der Waals surface area contributed by atoms with E-state index in [0.29, 0.717) is 12.1 Å². The Morgan fingerprint density at radius 2 is 2.06 bits per heavy atom. The third-order valence-corrected chi connectivity index (χ3v) is 3.60. The molecule has 0 aliphatic carbocycles. The molecule has 0 amide bonds. The summed E-state index contributed by atoms with van der Waals surface area (Å²) in [5.41, 5.74) is 6.44. The van der Waals surface area contributed by atoms with Crippen LogP contribution in [0.2, 0.25) is 0 Å². The number of ether oxygens (including phenoxy) is 1. The van der Waals surface area contributed by atoms with Gasteiger partial charge in [-0.25, -0.2) is 0 Å². The van der Waals surface area contributed by atoms with Crippen LogP contribution in [0.3, 0.4) is 0 Å². The predicted octanol–water partition coefficient (Wildman–Crippen LogP) is 1.86. The summed E-state index contributed by atoms with van der Waals surface area (Å²) < 4.78 is 5.70. The van der Waals surface area contributed by atoms with Crippen molar-refractivity contribution in [2.24, 2.45) is 11.1 Å². The highest BCUT2D eigenvalue weighted by atomic mass is 16.5. The molecule has 3 heteroatoms. The molecule has 3 unspecified atom stereocenters. The topological polar surface area (TPSA) is 38.5 Å². The van der Waals surface area contributed by atoms with Gasteiger partial charge in [0, 0.05) is 25.2 Å². The van der Waals surface area contributed by atoms with Gasteiger partial charge in [0.2, 0.25) is 0 Å². The molecular weight excluding hydrogens is 200 g/mol. The van der Waals surface area contributed by atoms with Crippen LogP contribution in [0, 0.1) is 5.41 Å². The van der Waals surface area contributed by atoms with E-state index in [-0.39, 0.29) is 11.5 Å². The van der Waals surface area contributed by atoms with Crippen LogP contribution in [0.1, 0.15) is 41.0 Å². The van der Waals surface area contributed by atoms with Crippen molar-refractivity contribution in [3.05, 3.63) is 0 Å². The molecule has 0 bridgehead atoms. The van der Waals surface area contributed by atoms with Crippen LogP contribution >= 0.6 is 0 Å². The zero-order valence-electron chi connectivity index (χ0n) is 11.5. The van der Waals surface area contributed by atoms with E-state index >= 15 is 0 Å². The summed E-state index contributed by atoms with van der Waals surface area (Å²) in [4.78, 5) is 2.50. The number of nitrogens with zero attached hydrogens (tertiary/aromatic N) is 1. The molecule has 1 aliphatic heterocycles. The van der Waals surface area contributed by atoms with Gasteiger partial charge in [0.15, 0.2) is 0 Å². The first kappa shape index (κ1) is 13.9. The molecule has 0 spiro atoms. The molecular formula is C13H28N2O. The van der Waals surface area contributed by atoms with Gasteiger partial charge < -0.3 is 10.5 Å². The van der Waals surface area contributed by atoms with Gasteiger partial charge in [-0.05, 0) is 18.8 Å². The van der Waals surface area contributed by atoms with Crippen LogP contribution < -0.4 is 5.73 Å². The van der Waals surface area contributed by atoms with Crippen molar-refractivity contribution in [1.82, 2.24) is 4.90 Å². The third-order valence-electron chi connectivity index (χ3n) is 3.60. The first-order valence-corrected chi connectivity index (χ1v) is 6.45. The van der Waals surface area contributed by atoms with Gasteiger partial charge in [-0.15, -0.1) is 0 Å². The molecule has 1 heterocycles. The Bertz CT molecular complexity index is 212. The van der Waals surface area contributed by atoms with Crippen LogP contribution in [-0.2, 0) is 4.74 Å². The molecule has 1 saturated heterocycles. The van der Waals surface area contributed by atoms with E-state index < -0.39 is 0 Å². The maximum atomic E-state index is 6.26. The fourth-order valence-corrected chi connectivity index (χ4v) is 2.04. The number of rotatable bonds is 3. The summed E-state index contributed by atoms with van der Waals surface area (Å²) >= 11 is 0. The van der Waals surface area contributed by atoms with E-state index in [4.69, 9.17) is 10.5 Å². The molecule has 3 atom stereocenters. The zero-order valence-corrected chi connectivity index (χ0v) is 11.5. The van der Waals surface area contributed by atoms with Gasteiger partial charge in [0.1, 0.15) is 0 Å². The summed E-state index contributed by atoms with van der Waals surface area (Å²) in [6, 6.07) is 0.774. The second kappa shape index (κ2) is 5.48. The first-order chi connectivity index (χ1) is 7.34. The molecule has 16 heavy (non-hydrogen) atoms. The molecule has 0 aromatic heterocycles. The van der Waals surface area contributed by atoms with Crippen LogP contribution in [0.4, 0.5) is 0 Å². The maximum Gasteiger partial charge on any atom is 0.0674 e. The summed E-state index contributed by atoms with van der Waals surface area (Å²) in [6.45, 7) is 13.8. The first-order valence-electron chi connectivity index (χ1n) is 6.45. The highest BCUT2D eigenvalue weighted by molar-refractivity contribution is 4.85. The number of hydrogen-bond acceptors (Lipinski definition) is 3. The van der Waals surface area contributed by atoms with Gasteiger partial charge in [-0.3, -0.25) is 4.90 Å². The van der Waals surface area contributed by atoms with E-state index in [1.165, 1.54) is 0 Å². The molecule has 0 aromatic carbocycles. The Labute approximate surface area is 100 Å². The number of nitrogens with two attached hydrogens (primary N) is 1. The van der Waals surface area contributed by atoms with Crippen molar-refractivity contribution in [2.75, 3.05) is 19.7 Å². The summed E-state index contributed by atoms with van der Waals surface area (Å²) in [5.74, 6) is 0. The Morgan fingerprint density at radius 3 is 2.56 bits per heavy atom. The lowest BCUT2D eigenvalue weighted by Crippen LogP contribution is -2.54. The minimum atomic E-state index is 0.180. The van der Waals surface area contributed by atoms with Gasteiger partial charge >= 0.3 is 0 Å². The molecule has 2 N–H and O–H groups in total. The summed E-state index contributed by atoms with van der Waals surface area (Å²) in [6.07, 6.45) is 1.49. The van der Waals surface area contributed by atoms with Crippen molar-refractivity contribution >= 4 is 0 Å². The smallest absolute Gasteiger partial charge is 0.0674 e. The van der Waals surface area contributed by atoms with Crippen molar-refractivity contribution in [1.29, 1.82) is 0 Å². The van der Waals surface area contributed by atoms with Crippen LogP contribution in [0.15, 0.2) is 0 Å². The minimum Gasteiger partial charge on any atom is -0.376 e. The standard InChI is InChI=1S/C13H28N2O/c1-6-11-9-16-10(2)7-15(11)8-12(14)13(3,4)5/h10-12H,6-9,14H2,1-5H3. The normalized spacial score (nSPS) is 30.4. The molecule has 3 nitrogen and oxygen atoms in total. The van der Waals surface area contributed by atoms with E-state index in [2.05, 4.69) is 39.5 Å². The van der Waals surface area contributed by atoms with Crippen molar-refractivity contribution in [3.8, 4) is 0 Å². The predicted molar refractivity (Wildman–Crippen MR) is 68.5 cm³/mol. The van der Waals surface area contributed by atoms with Crippen LogP contribution in [0.25, 0.3) is 0 Å². The quantitative estimate of drug-likeness (QED) is 0.801. The molecule has 0 radical (unpaired) electrons. The molecule has 1 aliphatic rings. The molecule has 0 saturated carbocycles. The lowest BCUT2D eigenvalue weighted by Gasteiger charge is -2.41. The average molecular weight is 228 g/mol. The summed E-state index contributed by atoms with van der Waals surface area (Å²) in [5, 5.41) is 0. The van der Waals surface area contributed by atoms with Gasteiger partial charge in [0.25, 0.3) is 0 Å². The summed E-state index contributed by atoms with van der Waals surface area (Å²) in [7, 11) is 0. The number of morpholine rings is 1. The fraction of sp³-hybridized carbons (Fsp3) is 1.00. The highest BCUT2D eigenvalue weighted by Crippen LogP contribution is 2.21. The molecule has 1 rings (SSSR count). The second-order valence-corrected chi connectivity index (χ2v) is 6.13. The van der Waals surface area contributed by atoms with Gasteiger partial charge in [0.05, 0.1) is 12.7 Å². The zero-order chi connectivity index (χ0) is 12.3. The monoisotopic (exact) mass is 228 g/mol. The van der Waals surface area contributed by atoms with Crippen molar-refractivity contribution in [2.45, 2.75) is 59.2 Å². The largest absolute Gasteiger partial charge is 0.376 e. The van der Waals surface area contributed by atoms with Crippen molar-refractivity contribution < 1.29 is 4.74 Å². The molecule has 1 fully saturated rings. The van der Waals surface area contributed by atoms with Crippen molar-refractivity contribution in [3.63, 3.8) is 0 Å². The highest BCUT2D eigenvalue weighted by Gasteiger charge is 2.30. The molecule has 0 aromatic rings. The third kappa shape index (κ3) is 3.72. The van der Waals surface area contributed by atoms with Crippen LogP contribution in [-0.4, -0.2) is 42.8 Å². The van der Waals surface area contributed by atoms with Gasteiger partial charge in [-0.1, -0.05) is 27.7 Å². The van der Waals surface area contributed by atoms with E-state index in [9.17, 15) is 0 Å². The Hall–Kier alpha value is -0.120. The maximum absolute atomic E-state index is 6.26. The van der Waals surface area contributed by atoms with E-state index in [1.54, 1.807) is 0 Å². The fourth-order valence-electron chi connectivity index (χ4n) is 2.04. The lowest BCUT2D eigenvalue weighted by atomic mass is 9.86. The minimum absolute atomic E-state index is 0.180. The average Bonchev–Trinajstić information content (AvgIpc) is 2.16. The Morgan fingerprint density at radius 1 is 1.44 bits per heavy atom. The second-order valence-electron chi connectivity index (χ2n) is 6.13. The Kier molecular flexibility index (Phi) is 4.77. The number of hydrogen-bond donors (Lipinski definition) is 1. The van der Waals surface area contributed by atoms with Crippen LogP contribution in [0.5, 0.6) is 0 Å². The molecule has 96 valence electrons. The lowest BCUT2D eigenvalue weighted by molar-refractivity contribution is -0.0605. The van der Waals surface area contributed by atoms with E-state index in [1.807, 2.05) is 0 Å².